The Morgan fingerprint density at radius 2 is 2.22 bits per heavy atom. The predicted molar refractivity (Wildman–Crippen MR) is 76.7 cm³/mol. The number of halogens is 1. The van der Waals surface area contributed by atoms with Crippen molar-refractivity contribution in [3.05, 3.63) is 33.8 Å². The van der Waals surface area contributed by atoms with Crippen molar-refractivity contribution in [1.82, 2.24) is 5.32 Å². The van der Waals surface area contributed by atoms with Gasteiger partial charge in [-0.25, -0.2) is 4.79 Å². The Morgan fingerprint density at radius 3 is 2.78 bits per heavy atom. The van der Waals surface area contributed by atoms with Crippen molar-refractivity contribution in [1.29, 1.82) is 0 Å². The number of carbonyl (C=O) groups is 1. The van der Waals surface area contributed by atoms with Crippen LogP contribution in [0.15, 0.2) is 22.7 Å². The van der Waals surface area contributed by atoms with Crippen molar-refractivity contribution in [3.8, 4) is 0 Å². The predicted octanol–water partition coefficient (Wildman–Crippen LogP) is 3.51. The van der Waals surface area contributed by atoms with Gasteiger partial charge in [0.1, 0.15) is 0 Å². The van der Waals surface area contributed by atoms with Crippen LogP contribution in [-0.4, -0.2) is 19.1 Å². The van der Waals surface area contributed by atoms with Crippen molar-refractivity contribution in [2.75, 3.05) is 7.11 Å². The molecular formula is C14H20BrNO2. The van der Waals surface area contributed by atoms with Gasteiger partial charge in [-0.3, -0.25) is 0 Å². The average Bonchev–Trinajstić information content (AvgIpc) is 2.36. The Balaban J connectivity index is 2.65. The second kappa shape index (κ2) is 7.54. The number of hydrogen-bond donors (Lipinski definition) is 1. The van der Waals surface area contributed by atoms with Gasteiger partial charge in [-0.2, -0.15) is 0 Å². The second-order valence-corrected chi connectivity index (χ2v) is 5.22. The van der Waals surface area contributed by atoms with E-state index in [0.717, 1.165) is 23.0 Å². The van der Waals surface area contributed by atoms with E-state index in [-0.39, 0.29) is 5.97 Å². The third kappa shape index (κ3) is 4.42. The molecule has 1 N–H and O–H groups in total. The molecule has 0 heterocycles. The molecule has 0 aliphatic heterocycles. The van der Waals surface area contributed by atoms with Gasteiger partial charge in [0.25, 0.3) is 0 Å². The van der Waals surface area contributed by atoms with Crippen molar-refractivity contribution in [2.24, 2.45) is 0 Å². The molecule has 0 aliphatic rings. The minimum atomic E-state index is -0.311. The summed E-state index contributed by atoms with van der Waals surface area (Å²) < 4.78 is 5.62. The summed E-state index contributed by atoms with van der Waals surface area (Å²) in [4.78, 5) is 11.4. The highest BCUT2D eigenvalue weighted by Crippen LogP contribution is 2.19. The molecular weight excluding hydrogens is 294 g/mol. The highest BCUT2D eigenvalue weighted by Gasteiger charge is 2.09. The molecule has 0 saturated heterocycles. The Kier molecular flexibility index (Phi) is 6.36. The number of nitrogens with one attached hydrogen (secondary N) is 1. The average molecular weight is 314 g/mol. The molecule has 18 heavy (non-hydrogen) atoms. The van der Waals surface area contributed by atoms with Gasteiger partial charge < -0.3 is 10.1 Å². The van der Waals surface area contributed by atoms with E-state index in [1.165, 1.54) is 13.5 Å². The quantitative estimate of drug-likeness (QED) is 0.817. The van der Waals surface area contributed by atoms with E-state index in [2.05, 4.69) is 39.8 Å². The summed E-state index contributed by atoms with van der Waals surface area (Å²) in [6.07, 6.45) is 2.34. The molecule has 1 aromatic rings. The Morgan fingerprint density at radius 1 is 1.50 bits per heavy atom. The number of ether oxygens (including phenoxy) is 1. The van der Waals surface area contributed by atoms with Crippen LogP contribution in [0, 0.1) is 0 Å². The Labute approximate surface area is 117 Å². The lowest BCUT2D eigenvalue weighted by Gasteiger charge is -2.13. The molecule has 4 heteroatoms. The van der Waals surface area contributed by atoms with E-state index in [1.807, 2.05) is 6.07 Å². The molecule has 100 valence electrons. The summed E-state index contributed by atoms with van der Waals surface area (Å²) in [6, 6.07) is 6.04. The van der Waals surface area contributed by atoms with Gasteiger partial charge in [-0.05, 0) is 31.0 Å². The van der Waals surface area contributed by atoms with Gasteiger partial charge in [-0.1, -0.05) is 35.3 Å². The van der Waals surface area contributed by atoms with E-state index < -0.39 is 0 Å². The standard InChI is InChI=1S/C14H20BrNO2/c1-4-5-10(2)16-9-12-7-6-11(8-13(12)15)14(17)18-3/h6-8,10,16H,4-5,9H2,1-3H3. The largest absolute Gasteiger partial charge is 0.465 e. The number of carbonyl (C=O) groups excluding carboxylic acids is 1. The first-order valence-electron chi connectivity index (χ1n) is 6.18. The molecule has 0 spiro atoms. The molecule has 0 radical (unpaired) electrons. The minimum Gasteiger partial charge on any atom is -0.465 e. The Bertz CT molecular complexity index is 407. The highest BCUT2D eigenvalue weighted by atomic mass is 79.9. The summed E-state index contributed by atoms with van der Waals surface area (Å²) in [6.45, 7) is 5.16. The van der Waals surface area contributed by atoms with Gasteiger partial charge >= 0.3 is 5.97 Å². The molecule has 0 bridgehead atoms. The molecule has 1 aromatic carbocycles. The van der Waals surface area contributed by atoms with Gasteiger partial charge in [-0.15, -0.1) is 0 Å². The van der Waals surface area contributed by atoms with E-state index in [1.54, 1.807) is 12.1 Å². The summed E-state index contributed by atoms with van der Waals surface area (Å²) in [7, 11) is 1.39. The maximum Gasteiger partial charge on any atom is 0.337 e. The summed E-state index contributed by atoms with van der Waals surface area (Å²) in [5, 5.41) is 3.46. The van der Waals surface area contributed by atoms with Gasteiger partial charge in [0.2, 0.25) is 0 Å². The summed E-state index contributed by atoms with van der Waals surface area (Å²) in [5.41, 5.74) is 1.71. The maximum atomic E-state index is 11.4. The fourth-order valence-corrected chi connectivity index (χ4v) is 2.27. The van der Waals surface area contributed by atoms with Crippen LogP contribution in [0.4, 0.5) is 0 Å². The first-order chi connectivity index (χ1) is 8.58. The fraction of sp³-hybridized carbons (Fsp3) is 0.500. The molecule has 0 saturated carbocycles. The van der Waals surface area contributed by atoms with E-state index in [4.69, 9.17) is 0 Å². The van der Waals surface area contributed by atoms with E-state index in [9.17, 15) is 4.79 Å². The van der Waals surface area contributed by atoms with Crippen LogP contribution in [0.5, 0.6) is 0 Å². The number of hydrogen-bond acceptors (Lipinski definition) is 3. The number of benzene rings is 1. The van der Waals surface area contributed by atoms with E-state index >= 15 is 0 Å². The first kappa shape index (κ1) is 15.2. The zero-order valence-electron chi connectivity index (χ0n) is 11.1. The van der Waals surface area contributed by atoms with Crippen molar-refractivity contribution < 1.29 is 9.53 Å². The zero-order valence-corrected chi connectivity index (χ0v) is 12.7. The molecule has 0 fully saturated rings. The van der Waals surface area contributed by atoms with Gasteiger partial charge in [0.15, 0.2) is 0 Å². The third-order valence-electron chi connectivity index (χ3n) is 2.84. The highest BCUT2D eigenvalue weighted by molar-refractivity contribution is 9.10. The number of esters is 1. The fourth-order valence-electron chi connectivity index (χ4n) is 1.75. The SMILES string of the molecule is CCCC(C)NCc1ccc(C(=O)OC)cc1Br. The smallest absolute Gasteiger partial charge is 0.337 e. The molecule has 0 aromatic heterocycles. The number of rotatable bonds is 6. The van der Waals surface area contributed by atoms with Gasteiger partial charge in [0.05, 0.1) is 12.7 Å². The van der Waals surface area contributed by atoms with Gasteiger partial charge in [0, 0.05) is 17.1 Å². The van der Waals surface area contributed by atoms with Crippen LogP contribution >= 0.6 is 15.9 Å². The normalized spacial score (nSPS) is 12.2. The molecule has 0 amide bonds. The van der Waals surface area contributed by atoms with E-state index in [0.29, 0.717) is 11.6 Å². The lowest BCUT2D eigenvalue weighted by atomic mass is 10.1. The van der Waals surface area contributed by atoms with Crippen LogP contribution < -0.4 is 5.32 Å². The third-order valence-corrected chi connectivity index (χ3v) is 3.58. The first-order valence-corrected chi connectivity index (χ1v) is 6.97. The van der Waals surface area contributed by atoms with Crippen LogP contribution in [-0.2, 0) is 11.3 Å². The lowest BCUT2D eigenvalue weighted by molar-refractivity contribution is 0.0600. The molecule has 1 rings (SSSR count). The topological polar surface area (TPSA) is 38.3 Å². The Hall–Kier alpha value is -0.870. The van der Waals surface area contributed by atoms with Crippen molar-refractivity contribution in [3.63, 3.8) is 0 Å². The molecule has 1 unspecified atom stereocenters. The molecule has 3 nitrogen and oxygen atoms in total. The maximum absolute atomic E-state index is 11.4. The lowest BCUT2D eigenvalue weighted by Crippen LogP contribution is -2.25. The number of methoxy groups -OCH3 is 1. The van der Waals surface area contributed by atoms with Crippen LogP contribution in [0.2, 0.25) is 0 Å². The monoisotopic (exact) mass is 313 g/mol. The zero-order chi connectivity index (χ0) is 13.5. The second-order valence-electron chi connectivity index (χ2n) is 4.37. The van der Waals surface area contributed by atoms with Crippen LogP contribution in [0.1, 0.15) is 42.6 Å². The summed E-state index contributed by atoms with van der Waals surface area (Å²) in [5.74, 6) is -0.311. The van der Waals surface area contributed by atoms with Crippen LogP contribution in [0.25, 0.3) is 0 Å². The molecule has 1 atom stereocenters. The van der Waals surface area contributed by atoms with Crippen LogP contribution in [0.3, 0.4) is 0 Å². The van der Waals surface area contributed by atoms with Crippen molar-refractivity contribution in [2.45, 2.75) is 39.3 Å². The summed E-state index contributed by atoms with van der Waals surface area (Å²) >= 11 is 3.49. The minimum absolute atomic E-state index is 0.311. The van der Waals surface area contributed by atoms with Crippen molar-refractivity contribution >= 4 is 21.9 Å². The molecule has 0 aliphatic carbocycles.